The SMILES string of the molecule is CC1(C)c2ccccc2-c2ccc(-c3c4ccc(N5c6ccccc6C(C)(C)c6ccccc65)cc4c(-c4ccc(-c5ccc6ccccc6c5)cc4)c4ccc(N5c6ccccc6C(C)(C)c6ccccc65)cc34)cc21. The Bertz CT molecular complexity index is 4340. The van der Waals surface area contributed by atoms with Gasteiger partial charge in [-0.25, -0.2) is 0 Å². The zero-order valence-electron chi connectivity index (χ0n) is 44.5. The van der Waals surface area contributed by atoms with E-state index >= 15 is 0 Å². The highest BCUT2D eigenvalue weighted by atomic mass is 15.2. The van der Waals surface area contributed by atoms with Gasteiger partial charge in [-0.1, -0.05) is 224 Å². The van der Waals surface area contributed by atoms with Crippen LogP contribution in [0.5, 0.6) is 0 Å². The molecule has 0 aromatic heterocycles. The van der Waals surface area contributed by atoms with Crippen LogP contribution in [0.25, 0.3) is 76.8 Å². The van der Waals surface area contributed by atoms with Crippen LogP contribution in [0.1, 0.15) is 74.9 Å². The van der Waals surface area contributed by atoms with E-state index in [-0.39, 0.29) is 16.2 Å². The van der Waals surface area contributed by atoms with Crippen molar-refractivity contribution in [3.63, 3.8) is 0 Å². The summed E-state index contributed by atoms with van der Waals surface area (Å²) in [6, 6.07) is 91.8. The molecule has 0 saturated carbocycles. The predicted molar refractivity (Wildman–Crippen MR) is 326 cm³/mol. The van der Waals surface area contributed by atoms with Crippen molar-refractivity contribution >= 4 is 66.4 Å². The minimum atomic E-state index is -0.175. The van der Waals surface area contributed by atoms with Gasteiger partial charge in [0, 0.05) is 27.6 Å². The third-order valence-corrected chi connectivity index (χ3v) is 18.0. The Morgan fingerprint density at radius 3 is 1.17 bits per heavy atom. The van der Waals surface area contributed by atoms with Crippen LogP contribution in [0.15, 0.2) is 243 Å². The molecule has 15 rings (SSSR count). The number of hydrogen-bond donors (Lipinski definition) is 0. The number of anilines is 6. The van der Waals surface area contributed by atoms with E-state index in [9.17, 15) is 0 Å². The first-order chi connectivity index (χ1) is 37.5. The summed E-state index contributed by atoms with van der Waals surface area (Å²) < 4.78 is 0. The molecule has 368 valence electrons. The molecule has 0 unspecified atom stereocenters. The summed E-state index contributed by atoms with van der Waals surface area (Å²) in [6.45, 7) is 14.3. The second kappa shape index (κ2) is 16.5. The highest BCUT2D eigenvalue weighted by Gasteiger charge is 2.39. The van der Waals surface area contributed by atoms with Gasteiger partial charge in [0.2, 0.25) is 0 Å². The van der Waals surface area contributed by atoms with E-state index in [4.69, 9.17) is 0 Å². The Hall–Kier alpha value is -8.98. The second-order valence-corrected chi connectivity index (χ2v) is 23.3. The lowest BCUT2D eigenvalue weighted by Crippen LogP contribution is -2.30. The Morgan fingerprint density at radius 1 is 0.247 bits per heavy atom. The molecule has 2 nitrogen and oxygen atoms in total. The molecular weight excluding hydrogens is 929 g/mol. The Labute approximate surface area is 452 Å². The van der Waals surface area contributed by atoms with Gasteiger partial charge >= 0.3 is 0 Å². The number of fused-ring (bicyclic) bond motifs is 10. The van der Waals surface area contributed by atoms with Crippen LogP contribution in [-0.4, -0.2) is 0 Å². The summed E-state index contributed by atoms with van der Waals surface area (Å²) >= 11 is 0. The zero-order chi connectivity index (χ0) is 52.0. The maximum atomic E-state index is 2.52. The first-order valence-electron chi connectivity index (χ1n) is 27.3. The standard InChI is InChI=1S/C75H58N2/c1-73(2)61-22-10-9-21-55(61)56-40-37-52(44-66(56)73)72-58-42-39-53(76-67-27-15-11-23-62(67)74(3,4)63-24-12-16-28-68(63)76)45-59(58)71(49-34-31-48(32-35-49)51-36-33-47-19-7-8-20-50(47)43-51)57-41-38-54(46-60(57)72)77-69-29-17-13-25-64(69)75(5,6)65-26-14-18-30-70(65)77/h7-46H,1-6H3. The molecule has 0 bridgehead atoms. The minimum Gasteiger partial charge on any atom is -0.310 e. The van der Waals surface area contributed by atoms with Crippen molar-refractivity contribution in [2.75, 3.05) is 9.80 Å². The predicted octanol–water partition coefficient (Wildman–Crippen LogP) is 20.7. The van der Waals surface area contributed by atoms with Crippen LogP contribution in [0.3, 0.4) is 0 Å². The van der Waals surface area contributed by atoms with Crippen LogP contribution in [-0.2, 0) is 16.2 Å². The largest absolute Gasteiger partial charge is 0.310 e. The van der Waals surface area contributed by atoms with E-state index in [0.717, 1.165) is 11.4 Å². The van der Waals surface area contributed by atoms with Gasteiger partial charge in [0.1, 0.15) is 0 Å². The molecule has 77 heavy (non-hydrogen) atoms. The zero-order valence-corrected chi connectivity index (χ0v) is 44.5. The molecule has 12 aromatic rings. The van der Waals surface area contributed by atoms with Gasteiger partial charge in [-0.2, -0.15) is 0 Å². The van der Waals surface area contributed by atoms with Crippen LogP contribution in [0.4, 0.5) is 34.1 Å². The first kappa shape index (κ1) is 45.4. The summed E-state index contributed by atoms with van der Waals surface area (Å²) in [5.74, 6) is 0. The fraction of sp³-hybridized carbons (Fsp3) is 0.120. The molecule has 0 spiro atoms. The van der Waals surface area contributed by atoms with Gasteiger partial charge in [0.15, 0.2) is 0 Å². The monoisotopic (exact) mass is 986 g/mol. The lowest BCUT2D eigenvalue weighted by atomic mass is 9.73. The molecule has 0 atom stereocenters. The minimum absolute atomic E-state index is 0.171. The van der Waals surface area contributed by atoms with E-state index in [0.29, 0.717) is 0 Å². The number of nitrogens with zero attached hydrogens (tertiary/aromatic N) is 2. The topological polar surface area (TPSA) is 6.48 Å². The molecule has 0 amide bonds. The van der Waals surface area contributed by atoms with E-state index in [2.05, 4.69) is 294 Å². The molecular formula is C75H58N2. The highest BCUT2D eigenvalue weighted by Crippen LogP contribution is 2.57. The van der Waals surface area contributed by atoms with Gasteiger partial charge in [-0.15, -0.1) is 0 Å². The smallest absolute Gasteiger partial charge is 0.0502 e. The molecule has 2 heteroatoms. The lowest BCUT2D eigenvalue weighted by molar-refractivity contribution is 0.632. The Kier molecular flexibility index (Phi) is 9.74. The highest BCUT2D eigenvalue weighted by molar-refractivity contribution is 6.23. The molecule has 0 radical (unpaired) electrons. The maximum Gasteiger partial charge on any atom is 0.0502 e. The van der Waals surface area contributed by atoms with Crippen LogP contribution in [0, 0.1) is 0 Å². The second-order valence-electron chi connectivity index (χ2n) is 23.3. The molecule has 3 aliphatic rings. The average Bonchev–Trinajstić information content (AvgIpc) is 3.71. The molecule has 1 aliphatic carbocycles. The number of rotatable bonds is 5. The fourth-order valence-electron chi connectivity index (χ4n) is 14.1. The summed E-state index contributed by atoms with van der Waals surface area (Å²) in [5, 5.41) is 7.37. The van der Waals surface area contributed by atoms with Crippen molar-refractivity contribution < 1.29 is 0 Å². The van der Waals surface area contributed by atoms with Gasteiger partial charge in [0.05, 0.1) is 22.7 Å². The van der Waals surface area contributed by atoms with Crippen molar-refractivity contribution in [1.82, 2.24) is 0 Å². The summed E-state index contributed by atoms with van der Waals surface area (Å²) in [4.78, 5) is 5.02. The third-order valence-electron chi connectivity index (χ3n) is 18.0. The summed E-state index contributed by atoms with van der Waals surface area (Å²) in [7, 11) is 0. The Morgan fingerprint density at radius 2 is 0.636 bits per heavy atom. The maximum absolute atomic E-state index is 2.52. The summed E-state index contributed by atoms with van der Waals surface area (Å²) in [6.07, 6.45) is 0. The molecule has 0 saturated heterocycles. The number of hydrogen-bond acceptors (Lipinski definition) is 2. The van der Waals surface area contributed by atoms with Gasteiger partial charge in [0.25, 0.3) is 0 Å². The van der Waals surface area contributed by atoms with E-state index in [1.165, 1.54) is 133 Å². The molecule has 0 N–H and O–H groups in total. The number of benzene rings is 12. The van der Waals surface area contributed by atoms with Gasteiger partial charge < -0.3 is 9.80 Å². The van der Waals surface area contributed by atoms with Gasteiger partial charge in [-0.3, -0.25) is 0 Å². The summed E-state index contributed by atoms with van der Waals surface area (Å²) in [5.41, 5.74) is 24.6. The van der Waals surface area contributed by atoms with Crippen molar-refractivity contribution in [3.8, 4) is 44.5 Å². The number of para-hydroxylation sites is 4. The van der Waals surface area contributed by atoms with Crippen molar-refractivity contribution in [3.05, 3.63) is 276 Å². The lowest BCUT2D eigenvalue weighted by Gasteiger charge is -2.42. The van der Waals surface area contributed by atoms with E-state index < -0.39 is 0 Å². The Balaban J connectivity index is 1.03. The third kappa shape index (κ3) is 6.61. The van der Waals surface area contributed by atoms with Crippen molar-refractivity contribution in [1.29, 1.82) is 0 Å². The molecule has 2 heterocycles. The molecule has 0 fully saturated rings. The van der Waals surface area contributed by atoms with Crippen molar-refractivity contribution in [2.24, 2.45) is 0 Å². The van der Waals surface area contributed by atoms with E-state index in [1.54, 1.807) is 0 Å². The first-order valence-corrected chi connectivity index (χ1v) is 27.3. The van der Waals surface area contributed by atoms with Crippen LogP contribution >= 0.6 is 0 Å². The molecule has 12 aromatic carbocycles. The van der Waals surface area contributed by atoms with Crippen molar-refractivity contribution in [2.45, 2.75) is 57.8 Å². The normalized spacial score (nSPS) is 15.1. The quantitative estimate of drug-likeness (QED) is 0.159. The van der Waals surface area contributed by atoms with Crippen LogP contribution in [0.2, 0.25) is 0 Å². The average molecular weight is 987 g/mol. The van der Waals surface area contributed by atoms with E-state index in [1.807, 2.05) is 0 Å². The molecule has 2 aliphatic heterocycles. The fourth-order valence-corrected chi connectivity index (χ4v) is 14.1. The van der Waals surface area contributed by atoms with Gasteiger partial charge in [-0.05, 0) is 171 Å². The van der Waals surface area contributed by atoms with Crippen LogP contribution < -0.4 is 9.80 Å².